The summed E-state index contributed by atoms with van der Waals surface area (Å²) < 4.78 is 15.9. The minimum Gasteiger partial charge on any atom is -0.467 e. The molecule has 0 heterocycles. The number of rotatable bonds is 8. The molecule has 0 aromatic heterocycles. The zero-order valence-corrected chi connectivity index (χ0v) is 14.1. The van der Waals surface area contributed by atoms with E-state index >= 15 is 0 Å². The van der Waals surface area contributed by atoms with Gasteiger partial charge in [-0.3, -0.25) is 0 Å². The fourth-order valence-corrected chi connectivity index (χ4v) is 2.13. The fraction of sp³-hybridized carbons (Fsp3) is 0.786. The van der Waals surface area contributed by atoms with Crippen LogP contribution in [0.5, 0.6) is 0 Å². The van der Waals surface area contributed by atoms with Crippen molar-refractivity contribution in [1.29, 1.82) is 0 Å². The van der Waals surface area contributed by atoms with Crippen molar-refractivity contribution >= 4 is 14.3 Å². The molecule has 1 atom stereocenters. The van der Waals surface area contributed by atoms with Crippen LogP contribution in [0.2, 0.25) is 18.1 Å². The average molecular weight is 288 g/mol. The van der Waals surface area contributed by atoms with Gasteiger partial charge in [0.25, 0.3) is 0 Å². The predicted octanol–water partition coefficient (Wildman–Crippen LogP) is 3.00. The Kier molecular flexibility index (Phi) is 7.55. The van der Waals surface area contributed by atoms with E-state index in [-0.39, 0.29) is 23.5 Å². The van der Waals surface area contributed by atoms with Gasteiger partial charge in [0.15, 0.2) is 8.32 Å². The van der Waals surface area contributed by atoms with Gasteiger partial charge in [0, 0.05) is 12.5 Å². The molecule has 0 aliphatic rings. The van der Waals surface area contributed by atoms with Crippen LogP contribution in [-0.2, 0) is 18.7 Å². The number of methoxy groups -OCH3 is 1. The van der Waals surface area contributed by atoms with Crippen LogP contribution in [0.4, 0.5) is 0 Å². The summed E-state index contributed by atoms with van der Waals surface area (Å²) in [6.07, 6.45) is 1.81. The van der Waals surface area contributed by atoms with E-state index in [1.807, 2.05) is 6.08 Å². The minimum absolute atomic E-state index is 0.0269. The molecule has 19 heavy (non-hydrogen) atoms. The number of esters is 1. The Bertz CT molecular complexity index is 294. The Morgan fingerprint density at radius 2 is 1.89 bits per heavy atom. The van der Waals surface area contributed by atoms with Crippen LogP contribution < -0.4 is 0 Å². The predicted molar refractivity (Wildman–Crippen MR) is 79.7 cm³/mol. The maximum Gasteiger partial charge on any atom is 0.331 e. The first-order valence-corrected chi connectivity index (χ1v) is 9.46. The Morgan fingerprint density at radius 3 is 2.32 bits per heavy atom. The van der Waals surface area contributed by atoms with Crippen molar-refractivity contribution in [3.63, 3.8) is 0 Å². The first-order chi connectivity index (χ1) is 8.64. The Labute approximate surface area is 118 Å². The van der Waals surface area contributed by atoms with Crippen LogP contribution in [0.25, 0.3) is 0 Å². The zero-order valence-electron chi connectivity index (χ0n) is 13.1. The lowest BCUT2D eigenvalue weighted by molar-refractivity contribution is -0.146. The lowest BCUT2D eigenvalue weighted by Crippen LogP contribution is -2.42. The highest BCUT2D eigenvalue weighted by Gasteiger charge is 2.37. The number of hydrogen-bond donors (Lipinski definition) is 0. The summed E-state index contributed by atoms with van der Waals surface area (Å²) in [5.74, 6) is -0.271. The van der Waals surface area contributed by atoms with Crippen molar-refractivity contribution in [2.24, 2.45) is 5.92 Å². The Balaban J connectivity index is 4.14. The van der Waals surface area contributed by atoms with E-state index in [1.165, 1.54) is 7.11 Å². The van der Waals surface area contributed by atoms with Crippen LogP contribution in [0.1, 0.15) is 20.8 Å². The normalized spacial score (nSPS) is 14.0. The lowest BCUT2D eigenvalue weighted by atomic mass is 10.2. The molecule has 0 amide bonds. The smallest absolute Gasteiger partial charge is 0.331 e. The SMILES string of the molecule is C=CC(COCC(=O)OC)CO[Si](C)(C)C(C)(C)C. The van der Waals surface area contributed by atoms with Gasteiger partial charge in [-0.15, -0.1) is 6.58 Å². The number of ether oxygens (including phenoxy) is 2. The van der Waals surface area contributed by atoms with Crippen LogP contribution in [0.3, 0.4) is 0 Å². The molecule has 0 fully saturated rings. The van der Waals surface area contributed by atoms with E-state index in [1.54, 1.807) is 0 Å². The van der Waals surface area contributed by atoms with Gasteiger partial charge in [0.2, 0.25) is 0 Å². The highest BCUT2D eigenvalue weighted by molar-refractivity contribution is 6.74. The molecule has 0 saturated heterocycles. The number of carbonyl (C=O) groups excluding carboxylic acids is 1. The lowest BCUT2D eigenvalue weighted by Gasteiger charge is -2.37. The maximum atomic E-state index is 10.9. The topological polar surface area (TPSA) is 44.8 Å². The molecule has 0 aliphatic heterocycles. The van der Waals surface area contributed by atoms with Gasteiger partial charge in [-0.2, -0.15) is 0 Å². The second kappa shape index (κ2) is 7.82. The standard InChI is InChI=1S/C14H28O4Si/c1-8-12(9-17-11-13(15)16-5)10-18-19(6,7)14(2,3)4/h8,12H,1,9-11H2,2-7H3. The number of carbonyl (C=O) groups is 1. The molecule has 5 heteroatoms. The first-order valence-electron chi connectivity index (χ1n) is 6.55. The average Bonchev–Trinajstić information content (AvgIpc) is 2.31. The molecule has 0 rings (SSSR count). The highest BCUT2D eigenvalue weighted by atomic mass is 28.4. The Hall–Kier alpha value is -0.653. The van der Waals surface area contributed by atoms with Crippen molar-refractivity contribution in [3.05, 3.63) is 12.7 Å². The van der Waals surface area contributed by atoms with Crippen molar-refractivity contribution < 1.29 is 18.7 Å². The summed E-state index contributed by atoms with van der Waals surface area (Å²) in [4.78, 5) is 10.9. The van der Waals surface area contributed by atoms with E-state index < -0.39 is 8.32 Å². The van der Waals surface area contributed by atoms with Gasteiger partial charge in [0.05, 0.1) is 13.7 Å². The zero-order chi connectivity index (χ0) is 15.1. The third-order valence-electron chi connectivity index (χ3n) is 3.58. The van der Waals surface area contributed by atoms with E-state index in [0.29, 0.717) is 13.2 Å². The Morgan fingerprint density at radius 1 is 1.32 bits per heavy atom. The van der Waals surface area contributed by atoms with Crippen molar-refractivity contribution in [2.45, 2.75) is 38.9 Å². The summed E-state index contributed by atoms with van der Waals surface area (Å²) in [6.45, 7) is 15.8. The fourth-order valence-electron chi connectivity index (χ4n) is 1.07. The quantitative estimate of drug-likeness (QED) is 0.391. The summed E-state index contributed by atoms with van der Waals surface area (Å²) in [7, 11) is -0.402. The first kappa shape index (κ1) is 18.3. The van der Waals surface area contributed by atoms with Crippen molar-refractivity contribution in [3.8, 4) is 0 Å². The molecule has 112 valence electrons. The summed E-state index contributed by atoms with van der Waals surface area (Å²) in [5.41, 5.74) is 0. The summed E-state index contributed by atoms with van der Waals surface area (Å²) in [5, 5.41) is 0.186. The molecule has 0 bridgehead atoms. The van der Waals surface area contributed by atoms with Crippen molar-refractivity contribution in [2.75, 3.05) is 26.9 Å². The van der Waals surface area contributed by atoms with Crippen LogP contribution in [0, 0.1) is 5.92 Å². The van der Waals surface area contributed by atoms with Gasteiger partial charge < -0.3 is 13.9 Å². The van der Waals surface area contributed by atoms with Gasteiger partial charge in [0.1, 0.15) is 6.61 Å². The molecule has 0 radical (unpaired) electrons. The number of hydrogen-bond acceptors (Lipinski definition) is 4. The minimum atomic E-state index is -1.75. The molecule has 0 N–H and O–H groups in total. The van der Waals surface area contributed by atoms with Crippen LogP contribution >= 0.6 is 0 Å². The van der Waals surface area contributed by atoms with Gasteiger partial charge >= 0.3 is 5.97 Å². The van der Waals surface area contributed by atoms with Crippen LogP contribution in [0.15, 0.2) is 12.7 Å². The summed E-state index contributed by atoms with van der Waals surface area (Å²) >= 11 is 0. The van der Waals surface area contributed by atoms with E-state index in [4.69, 9.17) is 9.16 Å². The molecule has 1 unspecified atom stereocenters. The largest absolute Gasteiger partial charge is 0.467 e. The second-order valence-corrected chi connectivity index (χ2v) is 11.0. The molecule has 0 saturated carbocycles. The molecule has 4 nitrogen and oxygen atoms in total. The summed E-state index contributed by atoms with van der Waals surface area (Å²) in [6, 6.07) is 0. The molecule has 0 spiro atoms. The maximum absolute atomic E-state index is 10.9. The second-order valence-electron chi connectivity index (χ2n) is 6.16. The molecule has 0 aliphatic carbocycles. The van der Waals surface area contributed by atoms with Gasteiger partial charge in [-0.25, -0.2) is 4.79 Å². The van der Waals surface area contributed by atoms with Gasteiger partial charge in [-0.1, -0.05) is 26.8 Å². The van der Waals surface area contributed by atoms with E-state index in [2.05, 4.69) is 45.2 Å². The molecule has 0 aromatic carbocycles. The van der Waals surface area contributed by atoms with Gasteiger partial charge in [-0.05, 0) is 18.1 Å². The molecular formula is C14H28O4Si. The highest BCUT2D eigenvalue weighted by Crippen LogP contribution is 2.36. The third kappa shape index (κ3) is 6.89. The molecular weight excluding hydrogens is 260 g/mol. The monoisotopic (exact) mass is 288 g/mol. The molecule has 0 aromatic rings. The van der Waals surface area contributed by atoms with Crippen molar-refractivity contribution in [1.82, 2.24) is 0 Å². The van der Waals surface area contributed by atoms with Crippen LogP contribution in [-0.4, -0.2) is 41.2 Å². The third-order valence-corrected chi connectivity index (χ3v) is 8.08. The van der Waals surface area contributed by atoms with E-state index in [9.17, 15) is 4.79 Å². The van der Waals surface area contributed by atoms with E-state index in [0.717, 1.165) is 0 Å².